The van der Waals surface area contributed by atoms with Crippen LogP contribution in [0, 0.1) is 17.0 Å². The van der Waals surface area contributed by atoms with Crippen molar-refractivity contribution in [2.45, 2.75) is 19.9 Å². The van der Waals surface area contributed by atoms with E-state index in [0.717, 1.165) is 24.9 Å². The Bertz CT molecular complexity index is 787. The molecule has 2 heterocycles. The average molecular weight is 345 g/mol. The van der Waals surface area contributed by atoms with Gasteiger partial charge in [-0.25, -0.2) is 4.98 Å². The van der Waals surface area contributed by atoms with Crippen molar-refractivity contribution in [3.63, 3.8) is 0 Å². The fourth-order valence-corrected chi connectivity index (χ4v) is 2.44. The molecule has 1 aliphatic rings. The zero-order chi connectivity index (χ0) is 17.6. The summed E-state index contributed by atoms with van der Waals surface area (Å²) in [7, 11) is 0. The first-order chi connectivity index (χ1) is 12.1. The molecule has 0 saturated heterocycles. The Morgan fingerprint density at radius 3 is 3.04 bits per heavy atom. The molecule has 0 amide bonds. The highest BCUT2D eigenvalue weighted by Crippen LogP contribution is 2.34. The van der Waals surface area contributed by atoms with Gasteiger partial charge in [0, 0.05) is 31.0 Å². The van der Waals surface area contributed by atoms with Crippen LogP contribution in [0.3, 0.4) is 0 Å². The maximum Gasteiger partial charge on any atom is 0.274 e. The third-order valence-electron chi connectivity index (χ3n) is 3.56. The van der Waals surface area contributed by atoms with E-state index in [4.69, 9.17) is 9.47 Å². The van der Waals surface area contributed by atoms with Crippen molar-refractivity contribution in [2.24, 2.45) is 0 Å². The minimum absolute atomic E-state index is 0.183. The van der Waals surface area contributed by atoms with E-state index >= 15 is 0 Å². The van der Waals surface area contributed by atoms with Crippen LogP contribution in [-0.2, 0) is 6.54 Å². The van der Waals surface area contributed by atoms with Crippen LogP contribution < -0.4 is 20.1 Å². The van der Waals surface area contributed by atoms with E-state index in [9.17, 15) is 10.1 Å². The minimum Gasteiger partial charge on any atom is -0.454 e. The molecule has 3 rings (SSSR count). The number of benzene rings is 1. The molecule has 0 bridgehead atoms. The van der Waals surface area contributed by atoms with Gasteiger partial charge < -0.3 is 24.7 Å². The minimum atomic E-state index is -0.498. The molecule has 1 aromatic heterocycles. The van der Waals surface area contributed by atoms with Crippen molar-refractivity contribution in [3.8, 4) is 11.5 Å². The fraction of sp³-hybridized carbons (Fsp3) is 0.312. The molecule has 9 heteroatoms. The smallest absolute Gasteiger partial charge is 0.274 e. The number of hydrogen-bond donors (Lipinski definition) is 2. The SMILES string of the molecule is Cc1cn(CCCN/C(=C/[N+](=O)[O-])Nc2ccc3c(c2)OCO3)cn1. The van der Waals surface area contributed by atoms with E-state index in [-0.39, 0.29) is 6.79 Å². The number of anilines is 1. The van der Waals surface area contributed by atoms with Gasteiger partial charge in [-0.3, -0.25) is 10.1 Å². The van der Waals surface area contributed by atoms with Crippen LogP contribution in [0.4, 0.5) is 5.69 Å². The van der Waals surface area contributed by atoms with E-state index in [1.165, 1.54) is 0 Å². The topological polar surface area (TPSA) is 103 Å². The highest BCUT2D eigenvalue weighted by Gasteiger charge is 2.14. The molecule has 1 aromatic carbocycles. The van der Waals surface area contributed by atoms with Crippen molar-refractivity contribution >= 4 is 5.69 Å². The lowest BCUT2D eigenvalue weighted by Crippen LogP contribution is -2.22. The molecule has 0 aliphatic carbocycles. The summed E-state index contributed by atoms with van der Waals surface area (Å²) in [5, 5.41) is 16.9. The maximum absolute atomic E-state index is 10.8. The predicted molar refractivity (Wildman–Crippen MR) is 90.8 cm³/mol. The van der Waals surface area contributed by atoms with Gasteiger partial charge >= 0.3 is 0 Å². The number of hydrogen-bond acceptors (Lipinski definition) is 7. The normalized spacial score (nSPS) is 12.9. The summed E-state index contributed by atoms with van der Waals surface area (Å²) in [5.74, 6) is 1.58. The monoisotopic (exact) mass is 345 g/mol. The standard InChI is InChI=1S/C16H19N5O4/c1-12-8-20(10-18-12)6-2-5-17-16(9-21(22)23)19-13-3-4-14-15(7-13)25-11-24-14/h3-4,7-10,17,19H,2,5-6,11H2,1H3/b16-9-. The zero-order valence-corrected chi connectivity index (χ0v) is 13.8. The lowest BCUT2D eigenvalue weighted by molar-refractivity contribution is -0.403. The number of nitrogens with zero attached hydrogens (tertiary/aromatic N) is 3. The summed E-state index contributed by atoms with van der Waals surface area (Å²) in [4.78, 5) is 14.5. The van der Waals surface area contributed by atoms with Crippen LogP contribution >= 0.6 is 0 Å². The molecule has 2 N–H and O–H groups in total. The Hall–Kier alpha value is -3.23. The van der Waals surface area contributed by atoms with Gasteiger partial charge in [-0.05, 0) is 25.5 Å². The third kappa shape index (κ3) is 4.63. The third-order valence-corrected chi connectivity index (χ3v) is 3.56. The second kappa shape index (κ2) is 7.56. The summed E-state index contributed by atoms with van der Waals surface area (Å²) in [6.07, 6.45) is 5.44. The van der Waals surface area contributed by atoms with Gasteiger partial charge in [-0.1, -0.05) is 0 Å². The van der Waals surface area contributed by atoms with Gasteiger partial charge in [-0.15, -0.1) is 0 Å². The lowest BCUT2D eigenvalue weighted by Gasteiger charge is -2.12. The van der Waals surface area contributed by atoms with E-state index in [1.54, 1.807) is 24.5 Å². The first kappa shape index (κ1) is 16.6. The van der Waals surface area contributed by atoms with Crippen LogP contribution in [0.25, 0.3) is 0 Å². The molecule has 132 valence electrons. The molecule has 0 saturated carbocycles. The number of aryl methyl sites for hydroxylation is 2. The Morgan fingerprint density at radius 2 is 2.28 bits per heavy atom. The Balaban J connectivity index is 1.55. The number of fused-ring (bicyclic) bond motifs is 1. The number of aromatic nitrogens is 2. The van der Waals surface area contributed by atoms with E-state index in [2.05, 4.69) is 15.6 Å². The Morgan fingerprint density at radius 1 is 1.44 bits per heavy atom. The van der Waals surface area contributed by atoms with Crippen LogP contribution in [0.5, 0.6) is 11.5 Å². The van der Waals surface area contributed by atoms with E-state index < -0.39 is 4.92 Å². The number of ether oxygens (including phenoxy) is 2. The molecule has 25 heavy (non-hydrogen) atoms. The lowest BCUT2D eigenvalue weighted by atomic mass is 10.3. The number of nitrogens with one attached hydrogen (secondary N) is 2. The van der Waals surface area contributed by atoms with Crippen molar-refractivity contribution < 1.29 is 14.4 Å². The van der Waals surface area contributed by atoms with Gasteiger partial charge in [0.2, 0.25) is 6.79 Å². The molecule has 0 atom stereocenters. The zero-order valence-electron chi connectivity index (χ0n) is 13.8. The molecule has 1 aliphatic heterocycles. The van der Waals surface area contributed by atoms with Crippen molar-refractivity contribution in [1.82, 2.24) is 14.9 Å². The van der Waals surface area contributed by atoms with Crippen LogP contribution in [0.2, 0.25) is 0 Å². The molecule has 0 radical (unpaired) electrons. The maximum atomic E-state index is 10.8. The average Bonchev–Trinajstić information content (AvgIpc) is 3.19. The second-order valence-electron chi connectivity index (χ2n) is 5.55. The van der Waals surface area contributed by atoms with Crippen LogP contribution in [-0.4, -0.2) is 27.8 Å². The summed E-state index contributed by atoms with van der Waals surface area (Å²) >= 11 is 0. The number of imidazole rings is 1. The summed E-state index contributed by atoms with van der Waals surface area (Å²) in [6, 6.07) is 5.28. The molecule has 0 fully saturated rings. The summed E-state index contributed by atoms with van der Waals surface area (Å²) in [6.45, 7) is 3.47. The van der Waals surface area contributed by atoms with E-state index in [0.29, 0.717) is 29.6 Å². The summed E-state index contributed by atoms with van der Waals surface area (Å²) < 4.78 is 12.5. The van der Waals surface area contributed by atoms with Gasteiger partial charge in [-0.2, -0.15) is 0 Å². The molecule has 0 unspecified atom stereocenters. The largest absolute Gasteiger partial charge is 0.454 e. The fourth-order valence-electron chi connectivity index (χ4n) is 2.44. The first-order valence-corrected chi connectivity index (χ1v) is 7.84. The molecular weight excluding hydrogens is 326 g/mol. The molecule has 0 spiro atoms. The van der Waals surface area contributed by atoms with Gasteiger partial charge in [0.05, 0.1) is 16.9 Å². The quantitative estimate of drug-likeness (QED) is 0.429. The van der Waals surface area contributed by atoms with Crippen molar-refractivity contribution in [2.75, 3.05) is 18.7 Å². The molecule has 9 nitrogen and oxygen atoms in total. The highest BCUT2D eigenvalue weighted by atomic mass is 16.7. The number of nitro groups is 1. The van der Waals surface area contributed by atoms with E-state index in [1.807, 2.05) is 17.7 Å². The Labute approximate surface area is 144 Å². The van der Waals surface area contributed by atoms with Crippen molar-refractivity contribution in [1.29, 1.82) is 0 Å². The van der Waals surface area contributed by atoms with Crippen molar-refractivity contribution in [3.05, 3.63) is 58.6 Å². The highest BCUT2D eigenvalue weighted by molar-refractivity contribution is 5.57. The second-order valence-corrected chi connectivity index (χ2v) is 5.55. The van der Waals surface area contributed by atoms with Gasteiger partial charge in [0.15, 0.2) is 17.3 Å². The molecular formula is C16H19N5O4. The number of rotatable bonds is 8. The van der Waals surface area contributed by atoms with Gasteiger partial charge in [0.25, 0.3) is 6.20 Å². The van der Waals surface area contributed by atoms with Crippen LogP contribution in [0.15, 0.2) is 42.7 Å². The van der Waals surface area contributed by atoms with Crippen LogP contribution in [0.1, 0.15) is 12.1 Å². The first-order valence-electron chi connectivity index (χ1n) is 7.84. The summed E-state index contributed by atoms with van der Waals surface area (Å²) in [5.41, 5.74) is 1.64. The van der Waals surface area contributed by atoms with Gasteiger partial charge in [0.1, 0.15) is 0 Å². The molecule has 2 aromatic rings. The predicted octanol–water partition coefficient (Wildman–Crippen LogP) is 2.09. The Kier molecular flexibility index (Phi) is 5.03.